The van der Waals surface area contributed by atoms with Crippen molar-refractivity contribution in [3.63, 3.8) is 0 Å². The van der Waals surface area contributed by atoms with E-state index in [1.54, 1.807) is 43.3 Å². The Hall–Kier alpha value is -4.18. The van der Waals surface area contributed by atoms with Gasteiger partial charge in [0.25, 0.3) is 5.78 Å². The number of aliphatic hydroxyl groups excluding tert-OH is 1. The van der Waals surface area contributed by atoms with Crippen molar-refractivity contribution < 1.29 is 33.7 Å². The lowest BCUT2D eigenvalue weighted by molar-refractivity contribution is -0.132. The van der Waals surface area contributed by atoms with Crippen LogP contribution in [0.25, 0.3) is 5.76 Å². The van der Waals surface area contributed by atoms with Crippen LogP contribution in [0.1, 0.15) is 65.8 Å². The van der Waals surface area contributed by atoms with E-state index in [-0.39, 0.29) is 28.4 Å². The van der Waals surface area contributed by atoms with Crippen LogP contribution in [0.4, 0.5) is 5.13 Å². The zero-order valence-corrected chi connectivity index (χ0v) is 23.8. The van der Waals surface area contributed by atoms with E-state index < -0.39 is 17.7 Å². The van der Waals surface area contributed by atoms with Gasteiger partial charge in [-0.05, 0) is 69.2 Å². The number of ketones is 2. The summed E-state index contributed by atoms with van der Waals surface area (Å²) in [6, 6.07) is 9.33. The van der Waals surface area contributed by atoms with Gasteiger partial charge in [0.1, 0.15) is 17.6 Å². The normalized spacial score (nSPS) is 19.5. The largest absolute Gasteiger partial charge is 0.507 e. The number of hydrogen-bond donors (Lipinski definition) is 1. The molecule has 0 spiro atoms. The van der Waals surface area contributed by atoms with Crippen LogP contribution in [0, 0.1) is 6.92 Å². The molecular weight excluding hydrogens is 532 g/mol. The number of rotatable bonds is 8. The molecule has 1 amide bonds. The zero-order chi connectivity index (χ0) is 28.7. The molecule has 0 saturated carbocycles. The molecule has 5 rings (SSSR count). The number of carbonyl (C=O) groups excluding carboxylic acids is 3. The Morgan fingerprint density at radius 2 is 1.85 bits per heavy atom. The molecule has 3 aromatic rings. The zero-order valence-electron chi connectivity index (χ0n) is 22.9. The first-order valence-electron chi connectivity index (χ1n) is 13.1. The van der Waals surface area contributed by atoms with E-state index in [1.807, 2.05) is 20.8 Å². The van der Waals surface area contributed by atoms with Crippen LogP contribution in [0.2, 0.25) is 0 Å². The first-order valence-corrected chi connectivity index (χ1v) is 13.9. The van der Waals surface area contributed by atoms with Crippen molar-refractivity contribution in [3.05, 3.63) is 69.2 Å². The Kier molecular flexibility index (Phi) is 7.37. The van der Waals surface area contributed by atoms with E-state index in [1.165, 1.54) is 11.8 Å². The Bertz CT molecular complexity index is 1560. The summed E-state index contributed by atoms with van der Waals surface area (Å²) in [5.74, 6) is -0.512. The van der Waals surface area contributed by atoms with Crippen molar-refractivity contribution in [2.24, 2.45) is 0 Å². The summed E-state index contributed by atoms with van der Waals surface area (Å²) in [5.41, 5.74) is 2.20. The SMILES string of the molecule is CCOc1ccc([C@@H]2/C(=C(\O)c3ccc4c(c3)C[C@@H](C)O4)C(=O)C(=O)N2c2nc(C)c(C(C)=O)s2)cc1OCC. The van der Waals surface area contributed by atoms with Gasteiger partial charge >= 0.3 is 5.91 Å². The highest BCUT2D eigenvalue weighted by molar-refractivity contribution is 7.18. The first kappa shape index (κ1) is 27.4. The number of aryl methyl sites for hydroxylation is 1. The molecule has 1 N–H and O–H groups in total. The third-order valence-corrected chi connectivity index (χ3v) is 8.07. The number of ether oxygens (including phenoxy) is 3. The minimum absolute atomic E-state index is 0.00225. The third-order valence-electron chi connectivity index (χ3n) is 6.81. The van der Waals surface area contributed by atoms with Crippen LogP contribution in [0.5, 0.6) is 17.2 Å². The molecule has 2 aliphatic rings. The molecule has 9 nitrogen and oxygen atoms in total. The Balaban J connectivity index is 1.71. The highest BCUT2D eigenvalue weighted by Crippen LogP contribution is 2.46. The van der Waals surface area contributed by atoms with Crippen LogP contribution >= 0.6 is 11.3 Å². The minimum atomic E-state index is -1.02. The van der Waals surface area contributed by atoms with Gasteiger partial charge in [0.15, 0.2) is 22.4 Å². The fourth-order valence-corrected chi connectivity index (χ4v) is 6.11. The van der Waals surface area contributed by atoms with Crippen LogP contribution in [-0.4, -0.2) is 46.9 Å². The van der Waals surface area contributed by atoms with Crippen molar-refractivity contribution in [1.29, 1.82) is 0 Å². The Morgan fingerprint density at radius 3 is 2.52 bits per heavy atom. The molecule has 3 heterocycles. The molecule has 2 aliphatic heterocycles. The second kappa shape index (κ2) is 10.8. The Labute approximate surface area is 236 Å². The molecule has 10 heteroatoms. The summed E-state index contributed by atoms with van der Waals surface area (Å²) in [7, 11) is 0. The van der Waals surface area contributed by atoms with E-state index in [2.05, 4.69) is 4.98 Å². The highest BCUT2D eigenvalue weighted by Gasteiger charge is 2.48. The van der Waals surface area contributed by atoms with E-state index in [4.69, 9.17) is 14.2 Å². The third kappa shape index (κ3) is 4.72. The van der Waals surface area contributed by atoms with Gasteiger partial charge in [-0.25, -0.2) is 4.98 Å². The monoisotopic (exact) mass is 562 g/mol. The number of anilines is 1. The van der Waals surface area contributed by atoms with Crippen molar-refractivity contribution in [2.75, 3.05) is 18.1 Å². The van der Waals surface area contributed by atoms with Gasteiger partial charge in [-0.2, -0.15) is 0 Å². The minimum Gasteiger partial charge on any atom is -0.507 e. The number of hydrogen-bond acceptors (Lipinski definition) is 9. The maximum absolute atomic E-state index is 13.6. The Morgan fingerprint density at radius 1 is 1.12 bits per heavy atom. The summed E-state index contributed by atoms with van der Waals surface area (Å²) in [6.45, 7) is 9.55. The van der Waals surface area contributed by atoms with Crippen molar-refractivity contribution in [1.82, 2.24) is 4.98 Å². The van der Waals surface area contributed by atoms with Gasteiger partial charge in [0.2, 0.25) is 0 Å². The maximum atomic E-state index is 13.6. The lowest BCUT2D eigenvalue weighted by Gasteiger charge is -2.24. The summed E-state index contributed by atoms with van der Waals surface area (Å²) >= 11 is 1.04. The van der Waals surface area contributed by atoms with Gasteiger partial charge in [-0.1, -0.05) is 17.4 Å². The molecule has 0 radical (unpaired) electrons. The lowest BCUT2D eigenvalue weighted by atomic mass is 9.94. The topological polar surface area (TPSA) is 115 Å². The van der Waals surface area contributed by atoms with Gasteiger partial charge in [0, 0.05) is 18.9 Å². The van der Waals surface area contributed by atoms with Crippen molar-refractivity contribution >= 4 is 39.7 Å². The van der Waals surface area contributed by atoms with E-state index in [0.29, 0.717) is 52.8 Å². The molecule has 0 bridgehead atoms. The average Bonchev–Trinajstić information content (AvgIpc) is 3.57. The number of aliphatic hydroxyl groups is 1. The van der Waals surface area contributed by atoms with Gasteiger partial charge in [-0.15, -0.1) is 0 Å². The smallest absolute Gasteiger partial charge is 0.301 e. The number of Topliss-reactive ketones (excluding diaryl/α,β-unsaturated/α-hetero) is 2. The van der Waals surface area contributed by atoms with Crippen LogP contribution in [-0.2, 0) is 16.0 Å². The summed E-state index contributed by atoms with van der Waals surface area (Å²) in [5, 5.41) is 11.8. The van der Waals surface area contributed by atoms with Gasteiger partial charge < -0.3 is 19.3 Å². The molecular formula is C30H30N2O7S. The van der Waals surface area contributed by atoms with Crippen LogP contribution in [0.3, 0.4) is 0 Å². The number of benzene rings is 2. The van der Waals surface area contributed by atoms with Crippen molar-refractivity contribution in [2.45, 2.75) is 53.2 Å². The molecule has 0 unspecified atom stereocenters. The predicted molar refractivity (Wildman–Crippen MR) is 151 cm³/mol. The molecule has 2 atom stereocenters. The molecule has 1 fully saturated rings. The van der Waals surface area contributed by atoms with Gasteiger partial charge in [-0.3, -0.25) is 19.3 Å². The number of amides is 1. The molecule has 1 aromatic heterocycles. The summed E-state index contributed by atoms with van der Waals surface area (Å²) < 4.78 is 17.3. The number of carbonyl (C=O) groups is 3. The summed E-state index contributed by atoms with van der Waals surface area (Å²) in [4.78, 5) is 45.5. The number of nitrogens with zero attached hydrogens (tertiary/aromatic N) is 2. The molecule has 0 aliphatic carbocycles. The van der Waals surface area contributed by atoms with E-state index >= 15 is 0 Å². The quantitative estimate of drug-likeness (QED) is 0.168. The van der Waals surface area contributed by atoms with E-state index in [9.17, 15) is 19.5 Å². The number of fused-ring (bicyclic) bond motifs is 1. The molecule has 1 saturated heterocycles. The van der Waals surface area contributed by atoms with Gasteiger partial charge in [0.05, 0.1) is 35.4 Å². The van der Waals surface area contributed by atoms with Crippen LogP contribution < -0.4 is 19.1 Å². The summed E-state index contributed by atoms with van der Waals surface area (Å²) in [6.07, 6.45) is 0.666. The maximum Gasteiger partial charge on any atom is 0.301 e. The molecule has 2 aromatic carbocycles. The van der Waals surface area contributed by atoms with Crippen molar-refractivity contribution in [3.8, 4) is 17.2 Å². The average molecular weight is 563 g/mol. The van der Waals surface area contributed by atoms with Crippen LogP contribution in [0.15, 0.2) is 42.0 Å². The predicted octanol–water partition coefficient (Wildman–Crippen LogP) is 5.40. The lowest BCUT2D eigenvalue weighted by Crippen LogP contribution is -2.29. The van der Waals surface area contributed by atoms with E-state index in [0.717, 1.165) is 22.6 Å². The second-order valence-corrected chi connectivity index (χ2v) is 10.6. The highest BCUT2D eigenvalue weighted by atomic mass is 32.1. The standard InChI is InChI=1S/C30H30N2O7S/c1-6-37-22-11-8-18(14-23(22)38-7-2)25-24(26(34)19-9-10-21-20(13-19)12-15(3)39-21)27(35)29(36)32(25)30-31-16(4)28(40-30)17(5)33/h8-11,13-15,25,34H,6-7,12H2,1-5H3/b26-24+/t15-,25-/m1/s1. The fourth-order valence-electron chi connectivity index (χ4n) is 5.12. The second-order valence-electron chi connectivity index (χ2n) is 9.66. The number of aromatic nitrogens is 1. The molecule has 40 heavy (non-hydrogen) atoms. The first-order chi connectivity index (χ1) is 19.1. The number of thiazole rings is 1. The molecule has 208 valence electrons. The fraction of sp³-hybridized carbons (Fsp3) is 0.333.